The van der Waals surface area contributed by atoms with Gasteiger partial charge in [-0.15, -0.1) is 0 Å². The highest BCUT2D eigenvalue weighted by Gasteiger charge is 2.37. The molecule has 0 saturated carbocycles. The van der Waals surface area contributed by atoms with Crippen LogP contribution >= 0.6 is 0 Å². The van der Waals surface area contributed by atoms with Gasteiger partial charge < -0.3 is 5.73 Å². The van der Waals surface area contributed by atoms with Crippen molar-refractivity contribution in [2.75, 3.05) is 0 Å². The Labute approximate surface area is 180 Å². The molecule has 0 amide bonds. The SMILES string of the molecule is Cc1nn(C2=CC(N)=Nc3nn(C)c(-c4ccc(F)cc4)c3CC=N2)c(C)c1C(F)(F)F. The van der Waals surface area contributed by atoms with Gasteiger partial charge in [-0.25, -0.2) is 19.1 Å². The van der Waals surface area contributed by atoms with Crippen LogP contribution in [0.15, 0.2) is 40.3 Å². The number of alkyl halides is 3. The number of halogens is 4. The monoisotopic (exact) mass is 445 g/mol. The first kappa shape index (κ1) is 21.5. The van der Waals surface area contributed by atoms with Crippen LogP contribution in [0.3, 0.4) is 0 Å². The summed E-state index contributed by atoms with van der Waals surface area (Å²) in [7, 11) is 1.73. The Kier molecular flexibility index (Phi) is 5.19. The van der Waals surface area contributed by atoms with Crippen LogP contribution in [-0.4, -0.2) is 31.6 Å². The van der Waals surface area contributed by atoms with Gasteiger partial charge in [0, 0.05) is 36.9 Å². The zero-order chi connectivity index (χ0) is 23.2. The predicted molar refractivity (Wildman–Crippen MR) is 113 cm³/mol. The Bertz CT molecular complexity index is 1270. The van der Waals surface area contributed by atoms with Crippen molar-refractivity contribution in [3.05, 3.63) is 58.7 Å². The molecule has 0 spiro atoms. The highest BCUT2D eigenvalue weighted by Crippen LogP contribution is 2.35. The Morgan fingerprint density at radius 2 is 1.75 bits per heavy atom. The lowest BCUT2D eigenvalue weighted by molar-refractivity contribution is -0.138. The number of rotatable bonds is 2. The maximum absolute atomic E-state index is 13.4. The zero-order valence-corrected chi connectivity index (χ0v) is 17.4. The van der Waals surface area contributed by atoms with Gasteiger partial charge in [-0.2, -0.15) is 23.4 Å². The molecule has 2 aromatic heterocycles. The summed E-state index contributed by atoms with van der Waals surface area (Å²) >= 11 is 0. The average molecular weight is 445 g/mol. The van der Waals surface area contributed by atoms with Crippen LogP contribution in [0, 0.1) is 19.7 Å². The Balaban J connectivity index is 1.79. The number of hydrogen-bond donors (Lipinski definition) is 1. The van der Waals surface area contributed by atoms with Gasteiger partial charge in [-0.05, 0) is 38.1 Å². The highest BCUT2D eigenvalue weighted by atomic mass is 19.4. The molecular weight excluding hydrogens is 426 g/mol. The summed E-state index contributed by atoms with van der Waals surface area (Å²) in [5, 5.41) is 8.41. The average Bonchev–Trinajstić information content (AvgIpc) is 3.18. The molecule has 0 radical (unpaired) electrons. The van der Waals surface area contributed by atoms with E-state index in [0.717, 1.165) is 10.2 Å². The molecule has 7 nitrogen and oxygen atoms in total. The van der Waals surface area contributed by atoms with Gasteiger partial charge in [0.25, 0.3) is 0 Å². The summed E-state index contributed by atoms with van der Waals surface area (Å²) < 4.78 is 56.2. The van der Waals surface area contributed by atoms with E-state index >= 15 is 0 Å². The van der Waals surface area contributed by atoms with Crippen LogP contribution in [0.2, 0.25) is 0 Å². The van der Waals surface area contributed by atoms with E-state index in [1.54, 1.807) is 23.9 Å². The number of nitrogens with two attached hydrogens (primary N) is 1. The molecule has 1 aromatic carbocycles. The molecule has 4 rings (SSSR count). The molecule has 32 heavy (non-hydrogen) atoms. The van der Waals surface area contributed by atoms with Crippen molar-refractivity contribution >= 4 is 23.7 Å². The maximum atomic E-state index is 13.4. The lowest BCUT2D eigenvalue weighted by Crippen LogP contribution is -2.12. The molecule has 0 atom stereocenters. The van der Waals surface area contributed by atoms with Gasteiger partial charge in [0.1, 0.15) is 11.7 Å². The fourth-order valence-corrected chi connectivity index (χ4v) is 3.75. The van der Waals surface area contributed by atoms with Crippen molar-refractivity contribution in [2.24, 2.45) is 22.8 Å². The van der Waals surface area contributed by atoms with Crippen molar-refractivity contribution in [3.63, 3.8) is 0 Å². The smallest absolute Gasteiger partial charge is 0.384 e. The maximum Gasteiger partial charge on any atom is 0.419 e. The van der Waals surface area contributed by atoms with Crippen molar-refractivity contribution in [3.8, 4) is 11.3 Å². The number of fused-ring (bicyclic) bond motifs is 1. The van der Waals surface area contributed by atoms with Crippen LogP contribution < -0.4 is 5.73 Å². The second-order valence-electron chi connectivity index (χ2n) is 7.29. The fraction of sp³-hybridized carbons (Fsp3) is 0.238. The number of benzene rings is 1. The predicted octanol–water partition coefficient (Wildman–Crippen LogP) is 4.17. The van der Waals surface area contributed by atoms with Gasteiger partial charge in [0.2, 0.25) is 0 Å². The summed E-state index contributed by atoms with van der Waals surface area (Å²) in [5.41, 5.74) is 7.11. The molecule has 0 fully saturated rings. The molecule has 0 saturated heterocycles. The second kappa shape index (κ2) is 7.74. The third kappa shape index (κ3) is 3.81. The first-order valence-corrected chi connectivity index (χ1v) is 9.60. The van der Waals surface area contributed by atoms with Gasteiger partial charge in [0.15, 0.2) is 11.6 Å². The van der Waals surface area contributed by atoms with E-state index in [1.807, 2.05) is 0 Å². The van der Waals surface area contributed by atoms with Crippen molar-refractivity contribution in [1.82, 2.24) is 19.6 Å². The number of aryl methyl sites for hydroxylation is 2. The molecule has 11 heteroatoms. The van der Waals surface area contributed by atoms with E-state index in [9.17, 15) is 17.6 Å². The summed E-state index contributed by atoms with van der Waals surface area (Å²) in [6.45, 7) is 2.61. The first-order chi connectivity index (χ1) is 15.1. The van der Waals surface area contributed by atoms with Crippen molar-refractivity contribution < 1.29 is 17.6 Å². The van der Waals surface area contributed by atoms with Gasteiger partial charge >= 0.3 is 6.18 Å². The van der Waals surface area contributed by atoms with E-state index in [2.05, 4.69) is 20.2 Å². The van der Waals surface area contributed by atoms with Crippen LogP contribution in [0.5, 0.6) is 0 Å². The molecule has 0 unspecified atom stereocenters. The number of amidine groups is 1. The third-order valence-electron chi connectivity index (χ3n) is 5.06. The standard InChI is InChI=1S/C21H19F4N7/c1-11-18(21(23,24)25)12(2)32(29-11)17-10-16(26)28-20-15(8-9-27-17)19(31(3)30-20)13-4-6-14(22)7-5-13/h4-7,9-10H,8H2,1-3H3,(H2,26,28,30). The van der Waals surface area contributed by atoms with E-state index in [1.165, 1.54) is 38.3 Å². The molecule has 0 bridgehead atoms. The zero-order valence-electron chi connectivity index (χ0n) is 17.4. The molecule has 3 aromatic rings. The highest BCUT2D eigenvalue weighted by molar-refractivity contribution is 5.98. The Hall–Kier alpha value is -3.76. The second-order valence-corrected chi connectivity index (χ2v) is 7.29. The first-order valence-electron chi connectivity index (χ1n) is 9.60. The Morgan fingerprint density at radius 1 is 1.06 bits per heavy atom. The molecular formula is C21H19F4N7. The summed E-state index contributed by atoms with van der Waals surface area (Å²) in [6, 6.07) is 5.94. The van der Waals surface area contributed by atoms with Crippen LogP contribution in [0.1, 0.15) is 22.5 Å². The van der Waals surface area contributed by atoms with E-state index in [4.69, 9.17) is 5.73 Å². The number of hydrogen-bond acceptors (Lipinski definition) is 5. The fourth-order valence-electron chi connectivity index (χ4n) is 3.75. The minimum Gasteiger partial charge on any atom is -0.384 e. The molecule has 0 aliphatic carbocycles. The van der Waals surface area contributed by atoms with Gasteiger partial charge in [0.05, 0.1) is 22.6 Å². The lowest BCUT2D eigenvalue weighted by atomic mass is 10.1. The van der Waals surface area contributed by atoms with Crippen LogP contribution in [0.25, 0.3) is 17.1 Å². The number of nitrogens with zero attached hydrogens (tertiary/aromatic N) is 6. The van der Waals surface area contributed by atoms with E-state index in [-0.39, 0.29) is 35.3 Å². The van der Waals surface area contributed by atoms with E-state index in [0.29, 0.717) is 17.1 Å². The minimum atomic E-state index is -4.54. The summed E-state index contributed by atoms with van der Waals surface area (Å²) in [4.78, 5) is 8.67. The lowest BCUT2D eigenvalue weighted by Gasteiger charge is -2.08. The van der Waals surface area contributed by atoms with Crippen molar-refractivity contribution in [2.45, 2.75) is 26.4 Å². The molecule has 2 N–H and O–H groups in total. The normalized spacial score (nSPS) is 14.3. The van der Waals surface area contributed by atoms with E-state index < -0.39 is 11.7 Å². The van der Waals surface area contributed by atoms with Crippen LogP contribution in [-0.2, 0) is 19.6 Å². The minimum absolute atomic E-state index is 0.00479. The Morgan fingerprint density at radius 3 is 2.38 bits per heavy atom. The quantitative estimate of drug-likeness (QED) is 0.601. The topological polar surface area (TPSA) is 86.4 Å². The molecule has 1 aliphatic rings. The molecule has 1 aliphatic heterocycles. The van der Waals surface area contributed by atoms with Gasteiger partial charge in [-0.3, -0.25) is 4.68 Å². The largest absolute Gasteiger partial charge is 0.419 e. The van der Waals surface area contributed by atoms with Crippen molar-refractivity contribution in [1.29, 1.82) is 0 Å². The molecule has 166 valence electrons. The number of aromatic nitrogens is 4. The number of aliphatic imine (C=N–C) groups is 2. The summed E-state index contributed by atoms with van der Waals surface area (Å²) in [5.74, 6) is 0.0828. The van der Waals surface area contributed by atoms with Crippen LogP contribution in [0.4, 0.5) is 23.4 Å². The molecule has 3 heterocycles. The third-order valence-corrected chi connectivity index (χ3v) is 5.06. The van der Waals surface area contributed by atoms with Gasteiger partial charge in [-0.1, -0.05) is 0 Å². The summed E-state index contributed by atoms with van der Waals surface area (Å²) in [6.07, 6.45) is -1.38.